The Balaban J connectivity index is 3.15. The number of rotatable bonds is 1. The van der Waals surface area contributed by atoms with Crippen LogP contribution in [-0.4, -0.2) is 6.29 Å². The fourth-order valence-corrected chi connectivity index (χ4v) is 0.910. The topological polar surface area (TPSA) is 17.1 Å². The molecule has 0 aliphatic rings. The second-order valence-corrected chi connectivity index (χ2v) is 2.44. The van der Waals surface area contributed by atoms with Gasteiger partial charge in [-0.1, -0.05) is 28.1 Å². The maximum atomic E-state index is 10.1. The average Bonchev–Trinajstić information content (AvgIpc) is 1.89. The monoisotopic (exact) mass is 183 g/mol. The van der Waals surface area contributed by atoms with E-state index >= 15 is 0 Å². The summed E-state index contributed by atoms with van der Waals surface area (Å²) in [5.74, 6) is 0. The molecule has 0 unspecified atom stereocenters. The lowest BCUT2D eigenvalue weighted by Crippen LogP contribution is -1.78. The van der Waals surface area contributed by atoms with Crippen molar-refractivity contribution in [3.63, 3.8) is 0 Å². The van der Waals surface area contributed by atoms with Gasteiger partial charge in [0.05, 0.1) is 0 Å². The van der Waals surface area contributed by atoms with E-state index in [0.717, 1.165) is 4.47 Å². The van der Waals surface area contributed by atoms with E-state index in [4.69, 9.17) is 0 Å². The Hall–Kier alpha value is -0.630. The molecule has 0 spiro atoms. The summed E-state index contributed by atoms with van der Waals surface area (Å²) < 4.78 is 0.792. The molecule has 2 heteroatoms. The van der Waals surface area contributed by atoms with Crippen LogP contribution in [0.15, 0.2) is 28.7 Å². The van der Waals surface area contributed by atoms with E-state index in [-0.39, 0.29) is 0 Å². The van der Waals surface area contributed by atoms with Crippen molar-refractivity contribution in [2.45, 2.75) is 0 Å². The van der Waals surface area contributed by atoms with Gasteiger partial charge in [0.15, 0.2) is 0 Å². The summed E-state index contributed by atoms with van der Waals surface area (Å²) in [7, 11) is 0. The van der Waals surface area contributed by atoms with Crippen molar-refractivity contribution in [2.75, 3.05) is 0 Å². The third-order valence-corrected chi connectivity index (χ3v) is 1.68. The van der Waals surface area contributed by atoms with Crippen LogP contribution in [0.3, 0.4) is 0 Å². The first-order chi connectivity index (χ1) is 4.34. The van der Waals surface area contributed by atoms with Gasteiger partial charge in [0.1, 0.15) is 0 Å². The Kier molecular flexibility index (Phi) is 2.01. The van der Waals surface area contributed by atoms with Crippen molar-refractivity contribution in [2.24, 2.45) is 0 Å². The summed E-state index contributed by atoms with van der Waals surface area (Å²) in [5.41, 5.74) is 0.567. The summed E-state index contributed by atoms with van der Waals surface area (Å²) in [6.07, 6.45) is 1.80. The molecule has 0 N–H and O–H groups in total. The SMILES string of the molecule is O=[C]c1ccccc1Br. The third-order valence-electron chi connectivity index (χ3n) is 0.984. The van der Waals surface area contributed by atoms with Crippen molar-refractivity contribution in [3.05, 3.63) is 34.3 Å². The van der Waals surface area contributed by atoms with E-state index in [2.05, 4.69) is 15.9 Å². The van der Waals surface area contributed by atoms with Gasteiger partial charge < -0.3 is 0 Å². The van der Waals surface area contributed by atoms with Gasteiger partial charge in [-0.2, -0.15) is 0 Å². The maximum Gasteiger partial charge on any atom is 0.234 e. The van der Waals surface area contributed by atoms with Crippen LogP contribution in [0.1, 0.15) is 5.56 Å². The predicted octanol–water partition coefficient (Wildman–Crippen LogP) is 1.91. The van der Waals surface area contributed by atoms with E-state index in [1.54, 1.807) is 24.5 Å². The molecule has 1 nitrogen and oxygen atoms in total. The molecule has 0 amide bonds. The summed E-state index contributed by atoms with van der Waals surface area (Å²) >= 11 is 3.19. The van der Waals surface area contributed by atoms with Gasteiger partial charge in [-0.3, -0.25) is 4.79 Å². The predicted molar refractivity (Wildman–Crippen MR) is 38.9 cm³/mol. The molecule has 45 valence electrons. The lowest BCUT2D eigenvalue weighted by molar-refractivity contribution is 0.562. The Morgan fingerprint density at radius 2 is 2.00 bits per heavy atom. The Morgan fingerprint density at radius 1 is 1.33 bits per heavy atom. The molecule has 0 bridgehead atoms. The van der Waals surface area contributed by atoms with Crippen LogP contribution in [0.25, 0.3) is 0 Å². The maximum absolute atomic E-state index is 10.1. The highest BCUT2D eigenvalue weighted by molar-refractivity contribution is 9.10. The molecule has 0 saturated carbocycles. The zero-order valence-electron chi connectivity index (χ0n) is 4.60. The fourth-order valence-electron chi connectivity index (χ4n) is 0.544. The first-order valence-corrected chi connectivity index (χ1v) is 3.26. The molecule has 1 aromatic rings. The molecule has 1 rings (SSSR count). The normalized spacial score (nSPS) is 9.00. The Labute approximate surface area is 61.8 Å². The lowest BCUT2D eigenvalue weighted by Gasteiger charge is -1.89. The summed E-state index contributed by atoms with van der Waals surface area (Å²) in [6, 6.07) is 7.16. The third kappa shape index (κ3) is 1.39. The second-order valence-electron chi connectivity index (χ2n) is 1.58. The molecule has 9 heavy (non-hydrogen) atoms. The van der Waals surface area contributed by atoms with Gasteiger partial charge in [0, 0.05) is 10.0 Å². The van der Waals surface area contributed by atoms with E-state index in [0.29, 0.717) is 5.56 Å². The number of carbonyl (C=O) groups excluding carboxylic acids is 1. The molecule has 0 aliphatic heterocycles. The van der Waals surface area contributed by atoms with Crippen molar-refractivity contribution < 1.29 is 4.79 Å². The molecule has 0 fully saturated rings. The smallest absolute Gasteiger partial charge is 0.234 e. The van der Waals surface area contributed by atoms with Gasteiger partial charge in [0.2, 0.25) is 6.29 Å². The molecule has 1 radical (unpaired) electrons. The van der Waals surface area contributed by atoms with Gasteiger partial charge in [0.25, 0.3) is 0 Å². The first kappa shape index (κ1) is 6.49. The van der Waals surface area contributed by atoms with Crippen LogP contribution >= 0.6 is 15.9 Å². The Morgan fingerprint density at radius 3 is 2.44 bits per heavy atom. The minimum atomic E-state index is 0.567. The molecular formula is C7H4BrO. The van der Waals surface area contributed by atoms with Crippen LogP contribution in [0, 0.1) is 0 Å². The Bertz CT molecular complexity index is 220. The number of benzene rings is 1. The molecule has 1 aromatic carbocycles. The highest BCUT2D eigenvalue weighted by Gasteiger charge is 1.93. The molecule has 0 heterocycles. The quantitative estimate of drug-likeness (QED) is 0.651. The minimum absolute atomic E-state index is 0.567. The van der Waals surface area contributed by atoms with E-state index in [9.17, 15) is 4.79 Å². The molecule has 0 atom stereocenters. The van der Waals surface area contributed by atoms with Crippen molar-refractivity contribution in [1.82, 2.24) is 0 Å². The molecular weight excluding hydrogens is 180 g/mol. The van der Waals surface area contributed by atoms with Crippen LogP contribution < -0.4 is 0 Å². The molecule has 0 aliphatic carbocycles. The number of hydrogen-bond acceptors (Lipinski definition) is 1. The lowest BCUT2D eigenvalue weighted by atomic mass is 10.2. The first-order valence-electron chi connectivity index (χ1n) is 2.47. The van der Waals surface area contributed by atoms with Crippen LogP contribution in [0.4, 0.5) is 0 Å². The number of hydrogen-bond donors (Lipinski definition) is 0. The van der Waals surface area contributed by atoms with Crippen molar-refractivity contribution >= 4 is 22.2 Å². The van der Waals surface area contributed by atoms with Gasteiger partial charge in [-0.25, -0.2) is 0 Å². The highest BCUT2D eigenvalue weighted by atomic mass is 79.9. The summed E-state index contributed by atoms with van der Waals surface area (Å²) in [4.78, 5) is 10.1. The standard InChI is InChI=1S/C7H4BrO/c8-7-4-2-1-3-6(7)5-9/h1-4H. The van der Waals surface area contributed by atoms with Crippen LogP contribution in [-0.2, 0) is 4.79 Å². The van der Waals surface area contributed by atoms with Gasteiger partial charge in [-0.15, -0.1) is 0 Å². The number of halogens is 1. The zero-order chi connectivity index (χ0) is 6.69. The van der Waals surface area contributed by atoms with Crippen LogP contribution in [0.5, 0.6) is 0 Å². The minimum Gasteiger partial charge on any atom is -0.285 e. The molecule has 0 aromatic heterocycles. The van der Waals surface area contributed by atoms with E-state index in [1.165, 1.54) is 0 Å². The van der Waals surface area contributed by atoms with E-state index in [1.807, 2.05) is 6.07 Å². The van der Waals surface area contributed by atoms with E-state index < -0.39 is 0 Å². The van der Waals surface area contributed by atoms with Gasteiger partial charge in [-0.05, 0) is 12.1 Å². The summed E-state index contributed by atoms with van der Waals surface area (Å²) in [6.45, 7) is 0. The average molecular weight is 184 g/mol. The zero-order valence-corrected chi connectivity index (χ0v) is 6.18. The fraction of sp³-hybridized carbons (Fsp3) is 0. The largest absolute Gasteiger partial charge is 0.285 e. The van der Waals surface area contributed by atoms with Crippen molar-refractivity contribution in [1.29, 1.82) is 0 Å². The van der Waals surface area contributed by atoms with Gasteiger partial charge >= 0.3 is 0 Å². The van der Waals surface area contributed by atoms with Crippen LogP contribution in [0.2, 0.25) is 0 Å². The van der Waals surface area contributed by atoms with Crippen molar-refractivity contribution in [3.8, 4) is 0 Å². The second kappa shape index (κ2) is 2.78. The highest BCUT2D eigenvalue weighted by Crippen LogP contribution is 2.12. The summed E-state index contributed by atoms with van der Waals surface area (Å²) in [5, 5.41) is 0. The molecule has 0 saturated heterocycles.